The van der Waals surface area contributed by atoms with Crippen LogP contribution in [0.15, 0.2) is 60.7 Å². The second kappa shape index (κ2) is 11.6. The summed E-state index contributed by atoms with van der Waals surface area (Å²) in [4.78, 5) is 0. The first-order valence-electron chi connectivity index (χ1n) is 11.8. The number of ether oxygens (including phenoxy) is 4. The average molecular weight is 459 g/mol. The summed E-state index contributed by atoms with van der Waals surface area (Å²) in [6, 6.07) is 21.8. The molecule has 4 aromatic carbocycles. The van der Waals surface area contributed by atoms with E-state index >= 15 is 0 Å². The summed E-state index contributed by atoms with van der Waals surface area (Å²) in [6.07, 6.45) is 0. The summed E-state index contributed by atoms with van der Waals surface area (Å²) in [5.41, 5.74) is 7.30. The van der Waals surface area contributed by atoms with Crippen molar-refractivity contribution < 1.29 is 18.9 Å². The highest BCUT2D eigenvalue weighted by molar-refractivity contribution is 6.09. The fraction of sp³-hybridized carbons (Fsp3) is 0.333. The Labute approximate surface area is 202 Å². The van der Waals surface area contributed by atoms with Crippen LogP contribution in [0, 0.1) is 13.8 Å². The highest BCUT2D eigenvalue weighted by Crippen LogP contribution is 2.41. The molecule has 0 aliphatic heterocycles. The van der Waals surface area contributed by atoms with E-state index in [4.69, 9.17) is 18.9 Å². The topological polar surface area (TPSA) is 36.9 Å². The summed E-state index contributed by atoms with van der Waals surface area (Å²) in [5.74, 6) is 0. The second-order valence-electron chi connectivity index (χ2n) is 8.64. The third kappa shape index (κ3) is 5.16. The summed E-state index contributed by atoms with van der Waals surface area (Å²) in [6.45, 7) is 7.67. The van der Waals surface area contributed by atoms with Crippen molar-refractivity contribution in [1.29, 1.82) is 0 Å². The molecule has 0 spiro atoms. The minimum Gasteiger partial charge on any atom is -0.382 e. The standard InChI is InChI=1S/C30H34O4/c1-21-17-23(19-33-15-13-31-3)29(27-11-7-5-9-25(21)27)30-24(20-34-16-14-32-4)18-22(2)26-10-6-8-12-28(26)30/h5-12,17-18H,13-16,19-20H2,1-4H3. The third-order valence-electron chi connectivity index (χ3n) is 6.29. The lowest BCUT2D eigenvalue weighted by atomic mass is 9.85. The van der Waals surface area contributed by atoms with Crippen LogP contribution in [0.1, 0.15) is 22.3 Å². The summed E-state index contributed by atoms with van der Waals surface area (Å²) in [5, 5.41) is 4.99. The van der Waals surface area contributed by atoms with E-state index in [9.17, 15) is 0 Å². The van der Waals surface area contributed by atoms with Gasteiger partial charge in [0.15, 0.2) is 0 Å². The van der Waals surface area contributed by atoms with Crippen LogP contribution in [0.2, 0.25) is 0 Å². The summed E-state index contributed by atoms with van der Waals surface area (Å²) >= 11 is 0. The molecule has 34 heavy (non-hydrogen) atoms. The van der Waals surface area contributed by atoms with E-state index < -0.39 is 0 Å². The predicted molar refractivity (Wildman–Crippen MR) is 139 cm³/mol. The molecule has 178 valence electrons. The minimum absolute atomic E-state index is 0.524. The van der Waals surface area contributed by atoms with Crippen LogP contribution in [0.25, 0.3) is 32.7 Å². The first-order chi connectivity index (χ1) is 16.7. The zero-order chi connectivity index (χ0) is 23.9. The van der Waals surface area contributed by atoms with Gasteiger partial charge < -0.3 is 18.9 Å². The second-order valence-corrected chi connectivity index (χ2v) is 8.64. The molecule has 0 amide bonds. The Morgan fingerprint density at radius 3 is 1.29 bits per heavy atom. The van der Waals surface area contributed by atoms with Crippen molar-refractivity contribution in [2.75, 3.05) is 40.6 Å². The number of hydrogen-bond donors (Lipinski definition) is 0. The van der Waals surface area contributed by atoms with Gasteiger partial charge in [-0.15, -0.1) is 0 Å². The molecule has 0 radical (unpaired) electrons. The monoisotopic (exact) mass is 458 g/mol. The van der Waals surface area contributed by atoms with E-state index in [-0.39, 0.29) is 0 Å². The predicted octanol–water partition coefficient (Wildman–Crippen LogP) is 6.60. The van der Waals surface area contributed by atoms with Gasteiger partial charge in [-0.2, -0.15) is 0 Å². The third-order valence-corrected chi connectivity index (χ3v) is 6.29. The molecule has 0 atom stereocenters. The number of benzene rings is 4. The molecular weight excluding hydrogens is 424 g/mol. The molecule has 0 aliphatic carbocycles. The molecule has 4 heteroatoms. The molecule has 0 saturated heterocycles. The first kappa shape index (κ1) is 24.4. The number of aryl methyl sites for hydroxylation is 2. The lowest BCUT2D eigenvalue weighted by Crippen LogP contribution is -2.06. The molecule has 0 fully saturated rings. The maximum atomic E-state index is 6.04. The van der Waals surface area contributed by atoms with Crippen LogP contribution in [0.3, 0.4) is 0 Å². The van der Waals surface area contributed by atoms with Gasteiger partial charge in [0.2, 0.25) is 0 Å². The van der Waals surface area contributed by atoms with Crippen LogP contribution < -0.4 is 0 Å². The van der Waals surface area contributed by atoms with Crippen LogP contribution in [-0.4, -0.2) is 40.6 Å². The number of fused-ring (bicyclic) bond motifs is 2. The van der Waals surface area contributed by atoms with Crippen molar-refractivity contribution >= 4 is 21.5 Å². The lowest BCUT2D eigenvalue weighted by Gasteiger charge is -2.21. The smallest absolute Gasteiger partial charge is 0.0724 e. The van der Waals surface area contributed by atoms with Crippen LogP contribution in [0.5, 0.6) is 0 Å². The van der Waals surface area contributed by atoms with Gasteiger partial charge in [0.1, 0.15) is 0 Å². The van der Waals surface area contributed by atoms with Crippen molar-refractivity contribution in [3.8, 4) is 11.1 Å². The van der Waals surface area contributed by atoms with E-state index in [0.717, 1.165) is 0 Å². The molecule has 0 heterocycles. The Morgan fingerprint density at radius 2 is 0.912 bits per heavy atom. The van der Waals surface area contributed by atoms with Crippen molar-refractivity contribution in [3.63, 3.8) is 0 Å². The maximum Gasteiger partial charge on any atom is 0.0724 e. The Morgan fingerprint density at radius 1 is 0.529 bits per heavy atom. The SMILES string of the molecule is COCCOCc1cc(C)c2ccccc2c1-c1c(COCCOC)cc(C)c2ccccc12. The molecule has 4 aromatic rings. The fourth-order valence-electron chi connectivity index (χ4n) is 4.73. The van der Waals surface area contributed by atoms with Crippen LogP contribution in [0.4, 0.5) is 0 Å². The fourth-order valence-corrected chi connectivity index (χ4v) is 4.73. The van der Waals surface area contributed by atoms with E-state index in [1.807, 2.05) is 0 Å². The van der Waals surface area contributed by atoms with Gasteiger partial charge in [-0.3, -0.25) is 0 Å². The van der Waals surface area contributed by atoms with Gasteiger partial charge in [0.05, 0.1) is 39.6 Å². The van der Waals surface area contributed by atoms with E-state index in [1.165, 1.54) is 54.9 Å². The zero-order valence-corrected chi connectivity index (χ0v) is 20.6. The van der Waals surface area contributed by atoms with E-state index in [1.54, 1.807) is 14.2 Å². The molecule has 0 N–H and O–H groups in total. The van der Waals surface area contributed by atoms with Gasteiger partial charge in [-0.05, 0) is 68.8 Å². The molecule has 0 aliphatic rings. The largest absolute Gasteiger partial charge is 0.382 e. The molecule has 4 rings (SSSR count). The molecule has 0 saturated carbocycles. The highest BCUT2D eigenvalue weighted by Gasteiger charge is 2.19. The first-order valence-corrected chi connectivity index (χ1v) is 11.8. The van der Waals surface area contributed by atoms with E-state index in [0.29, 0.717) is 39.6 Å². The van der Waals surface area contributed by atoms with Gasteiger partial charge >= 0.3 is 0 Å². The van der Waals surface area contributed by atoms with Crippen LogP contribution in [-0.2, 0) is 32.2 Å². The number of rotatable bonds is 11. The average Bonchev–Trinajstić information content (AvgIpc) is 2.86. The Hall–Kier alpha value is -2.76. The molecule has 0 bridgehead atoms. The number of hydrogen-bond acceptors (Lipinski definition) is 4. The quantitative estimate of drug-likeness (QED) is 0.237. The Kier molecular flexibility index (Phi) is 8.30. The van der Waals surface area contributed by atoms with Gasteiger partial charge in [-0.1, -0.05) is 60.7 Å². The normalized spacial score (nSPS) is 11.5. The van der Waals surface area contributed by atoms with E-state index in [2.05, 4.69) is 74.5 Å². The minimum atomic E-state index is 0.524. The molecule has 0 aromatic heterocycles. The van der Waals surface area contributed by atoms with Gasteiger partial charge in [0.25, 0.3) is 0 Å². The highest BCUT2D eigenvalue weighted by atomic mass is 16.5. The van der Waals surface area contributed by atoms with Crippen LogP contribution >= 0.6 is 0 Å². The lowest BCUT2D eigenvalue weighted by molar-refractivity contribution is 0.0613. The van der Waals surface area contributed by atoms with Crippen molar-refractivity contribution in [1.82, 2.24) is 0 Å². The number of methoxy groups -OCH3 is 2. The maximum absolute atomic E-state index is 6.04. The summed E-state index contributed by atoms with van der Waals surface area (Å²) in [7, 11) is 3.40. The van der Waals surface area contributed by atoms with Crippen molar-refractivity contribution in [2.45, 2.75) is 27.1 Å². The van der Waals surface area contributed by atoms with Crippen molar-refractivity contribution in [3.05, 3.63) is 82.9 Å². The molecule has 0 unspecified atom stereocenters. The van der Waals surface area contributed by atoms with Gasteiger partial charge in [-0.25, -0.2) is 0 Å². The Balaban J connectivity index is 1.96. The summed E-state index contributed by atoms with van der Waals surface area (Å²) < 4.78 is 22.5. The van der Waals surface area contributed by atoms with Gasteiger partial charge in [0, 0.05) is 14.2 Å². The zero-order valence-electron chi connectivity index (χ0n) is 20.6. The molecule has 4 nitrogen and oxygen atoms in total. The Bertz CT molecular complexity index is 1160. The van der Waals surface area contributed by atoms with Crippen molar-refractivity contribution in [2.24, 2.45) is 0 Å². The molecular formula is C30H34O4.